The standard InChI is InChI=1S/C3H7ClO2S/c1-3(2,4)7(5)6/h1-2H3,(H,5,6). The molecular formula is C3H7ClO2S. The first kappa shape index (κ1) is 7.40. The molecule has 0 fully saturated rings. The third-order valence-corrected chi connectivity index (χ3v) is 1.64. The molecule has 2 nitrogen and oxygen atoms in total. The molecule has 4 heteroatoms. The number of hydrogen-bond donors (Lipinski definition) is 1. The van der Waals surface area contributed by atoms with Gasteiger partial charge in [-0.2, -0.15) is 0 Å². The Bertz CT molecular complexity index is 85.4. The molecule has 0 aromatic rings. The molecule has 0 aliphatic carbocycles. The fraction of sp³-hybridized carbons (Fsp3) is 1.00. The molecule has 0 bridgehead atoms. The molecule has 0 aliphatic rings. The summed E-state index contributed by atoms with van der Waals surface area (Å²) in [4.78, 5) is 0. The third-order valence-electron chi connectivity index (χ3n) is 0.415. The largest absolute Gasteiger partial charge is 0.305 e. The highest BCUT2D eigenvalue weighted by atomic mass is 35.5. The molecule has 7 heavy (non-hydrogen) atoms. The van der Waals surface area contributed by atoms with E-state index in [1.165, 1.54) is 13.8 Å². The predicted octanol–water partition coefficient (Wildman–Crippen LogP) is 1.18. The van der Waals surface area contributed by atoms with Crippen molar-refractivity contribution in [1.82, 2.24) is 0 Å². The summed E-state index contributed by atoms with van der Waals surface area (Å²) in [6.07, 6.45) is 0. The SMILES string of the molecule is CC(C)(Cl)S(=O)O. The van der Waals surface area contributed by atoms with Crippen LogP contribution < -0.4 is 0 Å². The molecule has 0 saturated heterocycles. The normalized spacial score (nSPS) is 16.6. The third kappa shape index (κ3) is 3.02. The summed E-state index contributed by atoms with van der Waals surface area (Å²) in [7, 11) is 0. The lowest BCUT2D eigenvalue weighted by molar-refractivity contribution is 0.548. The van der Waals surface area contributed by atoms with E-state index in [-0.39, 0.29) is 0 Å². The minimum atomic E-state index is -1.92. The van der Waals surface area contributed by atoms with Crippen LogP contribution in [0.1, 0.15) is 13.8 Å². The van der Waals surface area contributed by atoms with E-state index in [0.29, 0.717) is 0 Å². The number of halogens is 1. The van der Waals surface area contributed by atoms with Crippen LogP contribution in [0.5, 0.6) is 0 Å². The average Bonchev–Trinajstić information content (AvgIpc) is 1.31. The monoisotopic (exact) mass is 142 g/mol. The summed E-state index contributed by atoms with van der Waals surface area (Å²) in [6, 6.07) is 0. The second-order valence-corrected chi connectivity index (χ2v) is 4.30. The Morgan fingerprint density at radius 3 is 1.86 bits per heavy atom. The van der Waals surface area contributed by atoms with Gasteiger partial charge >= 0.3 is 0 Å². The first-order valence-corrected chi connectivity index (χ1v) is 3.23. The van der Waals surface area contributed by atoms with Crippen molar-refractivity contribution < 1.29 is 8.76 Å². The average molecular weight is 143 g/mol. The van der Waals surface area contributed by atoms with Crippen molar-refractivity contribution in [1.29, 1.82) is 0 Å². The van der Waals surface area contributed by atoms with Gasteiger partial charge < -0.3 is 4.55 Å². The Morgan fingerprint density at radius 2 is 1.86 bits per heavy atom. The second-order valence-electron chi connectivity index (χ2n) is 1.61. The zero-order valence-corrected chi connectivity index (χ0v) is 5.71. The van der Waals surface area contributed by atoms with E-state index in [2.05, 4.69) is 0 Å². The van der Waals surface area contributed by atoms with Crippen molar-refractivity contribution in [3.8, 4) is 0 Å². The zero-order valence-electron chi connectivity index (χ0n) is 4.14. The zero-order chi connectivity index (χ0) is 6.08. The van der Waals surface area contributed by atoms with Crippen LogP contribution in [0.3, 0.4) is 0 Å². The van der Waals surface area contributed by atoms with Crippen LogP contribution in [-0.4, -0.2) is 13.0 Å². The van der Waals surface area contributed by atoms with Crippen LogP contribution in [0.2, 0.25) is 0 Å². The van der Waals surface area contributed by atoms with E-state index >= 15 is 0 Å². The minimum absolute atomic E-state index is 1.00. The molecule has 0 spiro atoms. The lowest BCUT2D eigenvalue weighted by Gasteiger charge is -2.07. The van der Waals surface area contributed by atoms with Crippen LogP contribution in [0.15, 0.2) is 0 Å². The molecule has 0 aliphatic heterocycles. The Morgan fingerprint density at radius 1 is 1.71 bits per heavy atom. The highest BCUT2D eigenvalue weighted by Gasteiger charge is 2.19. The predicted molar refractivity (Wildman–Crippen MR) is 30.7 cm³/mol. The first-order chi connectivity index (χ1) is 2.94. The molecule has 0 heterocycles. The molecular weight excluding hydrogens is 136 g/mol. The minimum Gasteiger partial charge on any atom is -0.305 e. The van der Waals surface area contributed by atoms with E-state index in [1.54, 1.807) is 0 Å². The van der Waals surface area contributed by atoms with Crippen molar-refractivity contribution in [2.75, 3.05) is 0 Å². The van der Waals surface area contributed by atoms with Gasteiger partial charge in [-0.25, -0.2) is 4.21 Å². The van der Waals surface area contributed by atoms with E-state index in [9.17, 15) is 4.21 Å². The van der Waals surface area contributed by atoms with Crippen LogP contribution in [-0.2, 0) is 11.1 Å². The van der Waals surface area contributed by atoms with Crippen molar-refractivity contribution in [2.24, 2.45) is 0 Å². The van der Waals surface area contributed by atoms with Crippen LogP contribution >= 0.6 is 11.6 Å². The fourth-order valence-corrected chi connectivity index (χ4v) is 0. The second kappa shape index (κ2) is 2.11. The number of rotatable bonds is 1. The topological polar surface area (TPSA) is 37.3 Å². The summed E-state index contributed by atoms with van der Waals surface area (Å²) in [5.74, 6) is 0. The molecule has 0 radical (unpaired) electrons. The summed E-state index contributed by atoms with van der Waals surface area (Å²) in [5, 5.41) is 0. The van der Waals surface area contributed by atoms with Crippen molar-refractivity contribution in [3.05, 3.63) is 0 Å². The van der Waals surface area contributed by atoms with Gasteiger partial charge in [0.25, 0.3) is 0 Å². The maximum absolute atomic E-state index is 10.0. The molecule has 0 amide bonds. The molecule has 0 rings (SSSR count). The maximum atomic E-state index is 10.0. The molecule has 0 aromatic carbocycles. The van der Waals surface area contributed by atoms with Gasteiger partial charge in [-0.05, 0) is 13.8 Å². The lowest BCUT2D eigenvalue weighted by Crippen LogP contribution is -2.16. The summed E-state index contributed by atoms with van der Waals surface area (Å²) in [6.45, 7) is 2.95. The van der Waals surface area contributed by atoms with Gasteiger partial charge in [-0.15, -0.1) is 11.6 Å². The van der Waals surface area contributed by atoms with Crippen molar-refractivity contribution >= 4 is 22.7 Å². The number of alkyl halides is 1. The summed E-state index contributed by atoms with van der Waals surface area (Å²) in [5.41, 5.74) is 0. The molecule has 0 saturated carbocycles. The van der Waals surface area contributed by atoms with Gasteiger partial charge in [0.1, 0.15) is 4.21 Å². The van der Waals surface area contributed by atoms with E-state index in [4.69, 9.17) is 16.2 Å². The van der Waals surface area contributed by atoms with E-state index in [1.807, 2.05) is 0 Å². The quantitative estimate of drug-likeness (QED) is 0.441. The van der Waals surface area contributed by atoms with E-state index < -0.39 is 15.3 Å². The van der Waals surface area contributed by atoms with Gasteiger partial charge in [0.15, 0.2) is 11.1 Å². The summed E-state index contributed by atoms with van der Waals surface area (Å²) >= 11 is 3.40. The Labute approximate surface area is 50.1 Å². The van der Waals surface area contributed by atoms with Crippen LogP contribution in [0, 0.1) is 0 Å². The number of hydrogen-bond acceptors (Lipinski definition) is 1. The molecule has 44 valence electrons. The maximum Gasteiger partial charge on any atom is 0.174 e. The smallest absolute Gasteiger partial charge is 0.174 e. The van der Waals surface area contributed by atoms with Gasteiger partial charge in [0, 0.05) is 0 Å². The van der Waals surface area contributed by atoms with E-state index in [0.717, 1.165) is 0 Å². The van der Waals surface area contributed by atoms with Gasteiger partial charge in [-0.3, -0.25) is 0 Å². The Kier molecular flexibility index (Phi) is 2.23. The highest BCUT2D eigenvalue weighted by molar-refractivity contribution is 7.82. The molecule has 1 N–H and O–H groups in total. The van der Waals surface area contributed by atoms with Gasteiger partial charge in [0.05, 0.1) is 0 Å². The molecule has 1 unspecified atom stereocenters. The lowest BCUT2D eigenvalue weighted by atomic mass is 10.6. The molecule has 0 aromatic heterocycles. The first-order valence-electron chi connectivity index (χ1n) is 1.74. The van der Waals surface area contributed by atoms with Crippen molar-refractivity contribution in [3.63, 3.8) is 0 Å². The molecule has 1 atom stereocenters. The Balaban J connectivity index is 3.79. The van der Waals surface area contributed by atoms with Gasteiger partial charge in [0.2, 0.25) is 0 Å². The van der Waals surface area contributed by atoms with Crippen LogP contribution in [0.25, 0.3) is 0 Å². The van der Waals surface area contributed by atoms with Gasteiger partial charge in [-0.1, -0.05) is 0 Å². The fourth-order valence-electron chi connectivity index (χ4n) is 0. The Hall–Kier alpha value is 0.400. The van der Waals surface area contributed by atoms with Crippen molar-refractivity contribution in [2.45, 2.75) is 18.1 Å². The highest BCUT2D eigenvalue weighted by Crippen LogP contribution is 2.14. The van der Waals surface area contributed by atoms with Crippen LogP contribution in [0.4, 0.5) is 0 Å². The summed E-state index contributed by atoms with van der Waals surface area (Å²) < 4.78 is 17.2.